The van der Waals surface area contributed by atoms with E-state index in [-0.39, 0.29) is 11.3 Å². The zero-order chi connectivity index (χ0) is 15.4. The highest BCUT2D eigenvalue weighted by molar-refractivity contribution is 5.92. The number of nitro benzene ring substituents is 1. The van der Waals surface area contributed by atoms with Crippen LogP contribution in [0.2, 0.25) is 0 Å². The quantitative estimate of drug-likeness (QED) is 0.488. The molecule has 21 heavy (non-hydrogen) atoms. The van der Waals surface area contributed by atoms with Gasteiger partial charge in [0.25, 0.3) is 11.6 Å². The Hall–Kier alpha value is -2.64. The number of rotatable bonds is 5. The van der Waals surface area contributed by atoms with Crippen molar-refractivity contribution in [2.45, 2.75) is 12.8 Å². The number of primary amides is 1. The van der Waals surface area contributed by atoms with Crippen molar-refractivity contribution < 1.29 is 19.2 Å². The van der Waals surface area contributed by atoms with Crippen LogP contribution in [0, 0.1) is 10.1 Å². The van der Waals surface area contributed by atoms with Gasteiger partial charge in [0.2, 0.25) is 0 Å². The summed E-state index contributed by atoms with van der Waals surface area (Å²) in [6.07, 6.45) is 1.97. The van der Waals surface area contributed by atoms with Crippen LogP contribution in [-0.2, 0) is 9.53 Å². The zero-order valence-corrected chi connectivity index (χ0v) is 11.3. The number of nitrogens with two attached hydrogens (primary N) is 1. The van der Waals surface area contributed by atoms with E-state index >= 15 is 0 Å². The minimum absolute atomic E-state index is 0.0193. The van der Waals surface area contributed by atoms with Crippen molar-refractivity contribution in [2.75, 3.05) is 24.6 Å². The molecule has 0 spiro atoms. The van der Waals surface area contributed by atoms with E-state index in [1.165, 1.54) is 12.1 Å². The van der Waals surface area contributed by atoms with Gasteiger partial charge < -0.3 is 15.4 Å². The largest absolute Gasteiger partial charge is 0.452 e. The number of ether oxygens (including phenoxy) is 1. The summed E-state index contributed by atoms with van der Waals surface area (Å²) in [4.78, 5) is 34.8. The molecule has 112 valence electrons. The molecule has 1 aromatic carbocycles. The lowest BCUT2D eigenvalue weighted by molar-refractivity contribution is -0.384. The second-order valence-electron chi connectivity index (χ2n) is 4.70. The number of nitrogens with zero attached hydrogens (tertiary/aromatic N) is 2. The molecule has 8 nitrogen and oxygen atoms in total. The minimum Gasteiger partial charge on any atom is -0.452 e. The Balaban J connectivity index is 2.25. The number of amides is 1. The highest BCUT2D eigenvalue weighted by Crippen LogP contribution is 2.31. The smallest absolute Gasteiger partial charge is 0.338 e. The van der Waals surface area contributed by atoms with Crippen LogP contribution in [0.4, 0.5) is 11.4 Å². The lowest BCUT2D eigenvalue weighted by Crippen LogP contribution is -2.21. The fourth-order valence-corrected chi connectivity index (χ4v) is 2.24. The number of esters is 1. The van der Waals surface area contributed by atoms with Crippen molar-refractivity contribution in [1.29, 1.82) is 0 Å². The van der Waals surface area contributed by atoms with Gasteiger partial charge in [0.1, 0.15) is 5.69 Å². The predicted octanol–water partition coefficient (Wildman–Crippen LogP) is 0.837. The van der Waals surface area contributed by atoms with Crippen LogP contribution in [0.1, 0.15) is 23.2 Å². The maximum absolute atomic E-state index is 11.7. The van der Waals surface area contributed by atoms with E-state index in [9.17, 15) is 19.7 Å². The summed E-state index contributed by atoms with van der Waals surface area (Å²) in [6, 6.07) is 4.14. The predicted molar refractivity (Wildman–Crippen MR) is 74.0 cm³/mol. The fraction of sp³-hybridized carbons (Fsp3) is 0.385. The first-order valence-corrected chi connectivity index (χ1v) is 6.48. The highest BCUT2D eigenvalue weighted by Gasteiger charge is 2.24. The van der Waals surface area contributed by atoms with Gasteiger partial charge >= 0.3 is 5.97 Å². The van der Waals surface area contributed by atoms with Crippen molar-refractivity contribution in [2.24, 2.45) is 5.73 Å². The second kappa shape index (κ2) is 6.21. The number of anilines is 1. The summed E-state index contributed by atoms with van der Waals surface area (Å²) < 4.78 is 4.64. The van der Waals surface area contributed by atoms with Crippen molar-refractivity contribution in [3.05, 3.63) is 33.9 Å². The number of carbonyl (C=O) groups excluding carboxylic acids is 2. The Labute approximate surface area is 120 Å². The van der Waals surface area contributed by atoms with E-state index in [2.05, 4.69) is 4.74 Å². The Morgan fingerprint density at radius 1 is 1.33 bits per heavy atom. The van der Waals surface area contributed by atoms with E-state index in [1.807, 2.05) is 4.90 Å². The molecule has 2 rings (SSSR count). The summed E-state index contributed by atoms with van der Waals surface area (Å²) in [6.45, 7) is 0.957. The van der Waals surface area contributed by atoms with E-state index in [4.69, 9.17) is 5.73 Å². The molecule has 8 heteroatoms. The highest BCUT2D eigenvalue weighted by atomic mass is 16.6. The fourth-order valence-electron chi connectivity index (χ4n) is 2.24. The molecule has 1 heterocycles. The Kier molecular flexibility index (Phi) is 4.36. The summed E-state index contributed by atoms with van der Waals surface area (Å²) in [5.74, 6) is -1.60. The summed E-state index contributed by atoms with van der Waals surface area (Å²) in [7, 11) is 0. The standard InChI is InChI=1S/C13H15N3O5/c14-12(17)8-21-13(18)9-3-4-10(11(7-9)16(19)20)15-5-1-2-6-15/h3-4,7H,1-2,5-6,8H2,(H2,14,17). The van der Waals surface area contributed by atoms with Gasteiger partial charge in [-0.25, -0.2) is 4.79 Å². The average Bonchev–Trinajstić information content (AvgIpc) is 2.98. The lowest BCUT2D eigenvalue weighted by atomic mass is 10.1. The number of benzene rings is 1. The van der Waals surface area contributed by atoms with Gasteiger partial charge in [-0.3, -0.25) is 14.9 Å². The minimum atomic E-state index is -0.815. The molecule has 0 unspecified atom stereocenters. The van der Waals surface area contributed by atoms with Crippen LogP contribution in [0.5, 0.6) is 0 Å². The lowest BCUT2D eigenvalue weighted by Gasteiger charge is -2.17. The first kappa shape index (κ1) is 14.8. The van der Waals surface area contributed by atoms with Crippen molar-refractivity contribution in [3.63, 3.8) is 0 Å². The van der Waals surface area contributed by atoms with Crippen molar-refractivity contribution in [1.82, 2.24) is 0 Å². The molecule has 1 saturated heterocycles. The van der Waals surface area contributed by atoms with Gasteiger partial charge in [0.15, 0.2) is 6.61 Å². The topological polar surface area (TPSA) is 116 Å². The molecule has 0 atom stereocenters. The first-order valence-electron chi connectivity index (χ1n) is 6.48. The Morgan fingerprint density at radius 3 is 2.57 bits per heavy atom. The van der Waals surface area contributed by atoms with Crippen LogP contribution in [0.3, 0.4) is 0 Å². The average molecular weight is 293 g/mol. The van der Waals surface area contributed by atoms with Crippen LogP contribution in [0.25, 0.3) is 0 Å². The number of hydrogen-bond donors (Lipinski definition) is 1. The molecule has 0 bridgehead atoms. The second-order valence-corrected chi connectivity index (χ2v) is 4.70. The maximum atomic E-state index is 11.7. The van der Waals surface area contributed by atoms with Crippen LogP contribution < -0.4 is 10.6 Å². The third-order valence-corrected chi connectivity index (χ3v) is 3.20. The molecule has 1 aliphatic rings. The first-order chi connectivity index (χ1) is 9.99. The van der Waals surface area contributed by atoms with Gasteiger partial charge in [-0.1, -0.05) is 0 Å². The molecule has 0 saturated carbocycles. The molecule has 2 N–H and O–H groups in total. The van der Waals surface area contributed by atoms with Crippen LogP contribution in [-0.4, -0.2) is 36.5 Å². The van der Waals surface area contributed by atoms with E-state index in [0.717, 1.165) is 32.0 Å². The number of nitro groups is 1. The summed E-state index contributed by atoms with van der Waals surface area (Å²) in [5.41, 5.74) is 5.23. The third kappa shape index (κ3) is 3.47. The molecule has 0 aromatic heterocycles. The van der Waals surface area contributed by atoms with E-state index in [0.29, 0.717) is 5.69 Å². The van der Waals surface area contributed by atoms with Gasteiger partial charge in [-0.2, -0.15) is 0 Å². The van der Waals surface area contributed by atoms with Crippen LogP contribution in [0.15, 0.2) is 18.2 Å². The number of hydrogen-bond acceptors (Lipinski definition) is 6. The monoisotopic (exact) mass is 293 g/mol. The Morgan fingerprint density at radius 2 is 2.00 bits per heavy atom. The summed E-state index contributed by atoms with van der Waals surface area (Å²) >= 11 is 0. The molecular weight excluding hydrogens is 278 g/mol. The molecule has 1 aliphatic heterocycles. The van der Waals surface area contributed by atoms with Crippen molar-refractivity contribution >= 4 is 23.3 Å². The van der Waals surface area contributed by atoms with Gasteiger partial charge in [-0.15, -0.1) is 0 Å². The van der Waals surface area contributed by atoms with Gasteiger partial charge in [0.05, 0.1) is 10.5 Å². The molecule has 1 fully saturated rings. The molecule has 1 aromatic rings. The molecule has 1 amide bonds. The van der Waals surface area contributed by atoms with E-state index < -0.39 is 23.4 Å². The molecule has 0 radical (unpaired) electrons. The number of carbonyl (C=O) groups is 2. The molecule has 0 aliphatic carbocycles. The van der Waals surface area contributed by atoms with Gasteiger partial charge in [0, 0.05) is 19.2 Å². The Bertz CT molecular complexity index is 581. The van der Waals surface area contributed by atoms with E-state index in [1.54, 1.807) is 0 Å². The maximum Gasteiger partial charge on any atom is 0.338 e. The SMILES string of the molecule is NC(=O)COC(=O)c1ccc(N2CCCC2)c([N+](=O)[O-])c1. The van der Waals surface area contributed by atoms with Crippen LogP contribution >= 0.6 is 0 Å². The van der Waals surface area contributed by atoms with Gasteiger partial charge in [-0.05, 0) is 25.0 Å². The van der Waals surface area contributed by atoms with Crippen molar-refractivity contribution in [3.8, 4) is 0 Å². The summed E-state index contributed by atoms with van der Waals surface area (Å²) in [5, 5.41) is 11.2. The normalized spacial score (nSPS) is 14.0. The molecular formula is C13H15N3O5. The zero-order valence-electron chi connectivity index (χ0n) is 11.3. The third-order valence-electron chi connectivity index (χ3n) is 3.20.